The molecule has 1 aliphatic rings. The molecule has 5 rings (SSSR count). The highest BCUT2D eigenvalue weighted by atomic mass is 35.5. The molecule has 0 bridgehead atoms. The van der Waals surface area contributed by atoms with Crippen molar-refractivity contribution in [3.05, 3.63) is 86.7 Å². The van der Waals surface area contributed by atoms with E-state index in [1.54, 1.807) is 6.07 Å². The average Bonchev–Trinajstić information content (AvgIpc) is 2.81. The van der Waals surface area contributed by atoms with Crippen molar-refractivity contribution in [1.82, 2.24) is 4.98 Å². The Balaban J connectivity index is 1.60. The molecule has 1 atom stereocenters. The smallest absolute Gasteiger partial charge is 0.196 e. The Morgan fingerprint density at radius 2 is 1.88 bits per heavy atom. The third-order valence-electron chi connectivity index (χ3n) is 6.27. The van der Waals surface area contributed by atoms with E-state index in [2.05, 4.69) is 10.3 Å². The number of pyridine rings is 1. The Bertz CT molecular complexity index is 1430. The molecular weight excluding hydrogens is 450 g/mol. The third-order valence-corrected chi connectivity index (χ3v) is 6.48. The molecular formula is C27H26ClN3O3. The van der Waals surface area contributed by atoms with Crippen LogP contribution in [-0.2, 0) is 0 Å². The van der Waals surface area contributed by atoms with Gasteiger partial charge in [0.15, 0.2) is 11.2 Å². The van der Waals surface area contributed by atoms with Crippen LogP contribution in [0, 0.1) is 13.8 Å². The standard InChI is InChI=1S/C27H26ClN3O3/c1-15-11-20(17(3)29-22-9-10-23(28)30-27(22)31-13-19(32)14-31)26-21(12-15)24(33)16(2)25(34-26)18-7-5-4-6-8-18/h4-12,17,19,29,32H,13-14H2,1-3H3/t17-/m1/s1. The zero-order chi connectivity index (χ0) is 24.0. The van der Waals surface area contributed by atoms with Crippen molar-refractivity contribution < 1.29 is 9.52 Å². The maximum absolute atomic E-state index is 13.3. The van der Waals surface area contributed by atoms with Gasteiger partial charge in [0.2, 0.25) is 0 Å². The number of rotatable bonds is 5. The summed E-state index contributed by atoms with van der Waals surface area (Å²) in [4.78, 5) is 19.8. The molecule has 0 spiro atoms. The SMILES string of the molecule is Cc1cc([C@@H](C)Nc2ccc(Cl)nc2N2CC(O)C2)c2oc(-c3ccccc3)c(C)c(=O)c2c1. The second-order valence-corrected chi connectivity index (χ2v) is 9.30. The van der Waals surface area contributed by atoms with E-state index in [9.17, 15) is 9.90 Å². The van der Waals surface area contributed by atoms with E-state index in [0.29, 0.717) is 46.4 Å². The Labute approximate surface area is 202 Å². The van der Waals surface area contributed by atoms with E-state index in [4.69, 9.17) is 16.0 Å². The van der Waals surface area contributed by atoms with E-state index in [1.165, 1.54) is 0 Å². The van der Waals surface area contributed by atoms with E-state index >= 15 is 0 Å². The molecule has 0 radical (unpaired) electrons. The molecule has 2 aromatic carbocycles. The number of aliphatic hydroxyl groups is 1. The Morgan fingerprint density at radius 1 is 1.15 bits per heavy atom. The summed E-state index contributed by atoms with van der Waals surface area (Å²) in [7, 11) is 0. The van der Waals surface area contributed by atoms with Crippen LogP contribution in [0.15, 0.2) is 63.8 Å². The van der Waals surface area contributed by atoms with Crippen LogP contribution in [0.3, 0.4) is 0 Å². The summed E-state index contributed by atoms with van der Waals surface area (Å²) in [5, 5.41) is 14.2. The number of fused-ring (bicyclic) bond motifs is 1. The molecule has 34 heavy (non-hydrogen) atoms. The lowest BCUT2D eigenvalue weighted by Crippen LogP contribution is -2.51. The van der Waals surface area contributed by atoms with Crippen molar-refractivity contribution in [1.29, 1.82) is 0 Å². The van der Waals surface area contributed by atoms with Crippen LogP contribution < -0.4 is 15.6 Å². The normalized spacial score (nSPS) is 14.8. The van der Waals surface area contributed by atoms with Gasteiger partial charge in [-0.25, -0.2) is 4.98 Å². The van der Waals surface area contributed by atoms with E-state index in [-0.39, 0.29) is 17.6 Å². The van der Waals surface area contributed by atoms with Crippen LogP contribution >= 0.6 is 11.6 Å². The highest BCUT2D eigenvalue weighted by molar-refractivity contribution is 6.29. The zero-order valence-corrected chi connectivity index (χ0v) is 20.1. The Morgan fingerprint density at radius 3 is 2.59 bits per heavy atom. The molecule has 1 saturated heterocycles. The first-order valence-electron chi connectivity index (χ1n) is 11.3. The average molecular weight is 476 g/mol. The molecule has 6 nitrogen and oxygen atoms in total. The summed E-state index contributed by atoms with van der Waals surface area (Å²) in [6, 6.07) is 17.1. The first-order chi connectivity index (χ1) is 16.3. The van der Waals surface area contributed by atoms with Crippen molar-refractivity contribution in [2.24, 2.45) is 0 Å². The molecule has 2 N–H and O–H groups in total. The maximum atomic E-state index is 13.3. The first-order valence-corrected chi connectivity index (χ1v) is 11.7. The fourth-order valence-corrected chi connectivity index (χ4v) is 4.62. The number of hydrogen-bond acceptors (Lipinski definition) is 6. The predicted molar refractivity (Wildman–Crippen MR) is 137 cm³/mol. The number of anilines is 2. The molecule has 4 aromatic rings. The third kappa shape index (κ3) is 4.04. The van der Waals surface area contributed by atoms with Crippen molar-refractivity contribution in [2.45, 2.75) is 32.9 Å². The highest BCUT2D eigenvalue weighted by Gasteiger charge is 2.28. The second-order valence-electron chi connectivity index (χ2n) is 8.91. The van der Waals surface area contributed by atoms with E-state index in [0.717, 1.165) is 22.4 Å². The van der Waals surface area contributed by atoms with E-state index in [1.807, 2.05) is 74.2 Å². The summed E-state index contributed by atoms with van der Waals surface area (Å²) in [6.07, 6.45) is -0.360. The molecule has 0 saturated carbocycles. The van der Waals surface area contributed by atoms with Gasteiger partial charge in [-0.3, -0.25) is 4.79 Å². The molecule has 174 valence electrons. The van der Waals surface area contributed by atoms with Crippen LogP contribution in [0.2, 0.25) is 5.15 Å². The molecule has 7 heteroatoms. The lowest BCUT2D eigenvalue weighted by atomic mass is 9.98. The zero-order valence-electron chi connectivity index (χ0n) is 19.3. The van der Waals surface area contributed by atoms with Crippen LogP contribution in [-0.4, -0.2) is 29.3 Å². The van der Waals surface area contributed by atoms with Crippen molar-refractivity contribution in [3.8, 4) is 11.3 Å². The highest BCUT2D eigenvalue weighted by Crippen LogP contribution is 2.35. The van der Waals surface area contributed by atoms with Crippen LogP contribution in [0.25, 0.3) is 22.3 Å². The fraction of sp³-hybridized carbons (Fsp3) is 0.259. The molecule has 2 aromatic heterocycles. The molecule has 1 aliphatic heterocycles. The Kier molecular flexibility index (Phi) is 5.80. The minimum absolute atomic E-state index is 0.0272. The first kappa shape index (κ1) is 22.4. The topological polar surface area (TPSA) is 78.6 Å². The maximum Gasteiger partial charge on any atom is 0.196 e. The molecule has 3 heterocycles. The summed E-state index contributed by atoms with van der Waals surface area (Å²) < 4.78 is 6.43. The van der Waals surface area contributed by atoms with Crippen LogP contribution in [0.4, 0.5) is 11.5 Å². The number of benzene rings is 2. The largest absolute Gasteiger partial charge is 0.455 e. The minimum atomic E-state index is -0.360. The van der Waals surface area contributed by atoms with Gasteiger partial charge < -0.3 is 19.7 Å². The van der Waals surface area contributed by atoms with Gasteiger partial charge in [-0.05, 0) is 44.5 Å². The lowest BCUT2D eigenvalue weighted by Gasteiger charge is -2.38. The van der Waals surface area contributed by atoms with Crippen molar-refractivity contribution in [3.63, 3.8) is 0 Å². The van der Waals surface area contributed by atoms with Crippen LogP contribution in [0.1, 0.15) is 29.7 Å². The predicted octanol–water partition coefficient (Wildman–Crippen LogP) is 5.48. The van der Waals surface area contributed by atoms with Crippen molar-refractivity contribution in [2.75, 3.05) is 23.3 Å². The van der Waals surface area contributed by atoms with Gasteiger partial charge in [-0.2, -0.15) is 0 Å². The van der Waals surface area contributed by atoms with Gasteiger partial charge in [-0.15, -0.1) is 0 Å². The molecule has 0 aliphatic carbocycles. The van der Waals surface area contributed by atoms with Gasteiger partial charge in [0.25, 0.3) is 0 Å². The number of nitrogens with zero attached hydrogens (tertiary/aromatic N) is 2. The monoisotopic (exact) mass is 475 g/mol. The Hall–Kier alpha value is -3.35. The van der Waals surface area contributed by atoms with Crippen LogP contribution in [0.5, 0.6) is 0 Å². The summed E-state index contributed by atoms with van der Waals surface area (Å²) >= 11 is 6.16. The number of aromatic nitrogens is 1. The van der Waals surface area contributed by atoms with Gasteiger partial charge in [0, 0.05) is 29.8 Å². The van der Waals surface area contributed by atoms with Gasteiger partial charge in [-0.1, -0.05) is 48.0 Å². The molecule has 1 fully saturated rings. The molecule has 0 unspecified atom stereocenters. The second kappa shape index (κ2) is 8.78. The number of nitrogens with one attached hydrogen (secondary N) is 1. The summed E-state index contributed by atoms with van der Waals surface area (Å²) in [5.41, 5.74) is 4.67. The number of aryl methyl sites for hydroxylation is 1. The quantitative estimate of drug-likeness (QED) is 0.372. The number of halogens is 1. The lowest BCUT2D eigenvalue weighted by molar-refractivity contribution is 0.141. The van der Waals surface area contributed by atoms with Gasteiger partial charge in [0.1, 0.15) is 16.5 Å². The molecule has 0 amide bonds. The number of hydrogen-bond donors (Lipinski definition) is 2. The van der Waals surface area contributed by atoms with Gasteiger partial charge >= 0.3 is 0 Å². The van der Waals surface area contributed by atoms with E-state index < -0.39 is 0 Å². The minimum Gasteiger partial charge on any atom is -0.455 e. The number of aliphatic hydroxyl groups excluding tert-OH is 1. The number of β-amino-alcohol motifs (C(OH)–C–C–N with tert-alkyl or cyclic N) is 1. The van der Waals surface area contributed by atoms with Crippen molar-refractivity contribution >= 4 is 34.1 Å². The fourth-order valence-electron chi connectivity index (χ4n) is 4.47. The van der Waals surface area contributed by atoms with Gasteiger partial charge in [0.05, 0.1) is 23.2 Å². The summed E-state index contributed by atoms with van der Waals surface area (Å²) in [5.74, 6) is 1.28. The summed E-state index contributed by atoms with van der Waals surface area (Å²) in [6.45, 7) is 6.84.